The number of aromatic nitrogens is 2. The van der Waals surface area contributed by atoms with E-state index in [1.165, 1.54) is 13.2 Å². The summed E-state index contributed by atoms with van der Waals surface area (Å²) in [5, 5.41) is 19.5. The zero-order valence-electron chi connectivity index (χ0n) is 18.0. The zero-order chi connectivity index (χ0) is 23.5. The molecule has 2 heterocycles. The van der Waals surface area contributed by atoms with Gasteiger partial charge in [-0.3, -0.25) is 24.4 Å². The molecule has 2 aromatic carbocycles. The van der Waals surface area contributed by atoms with Crippen molar-refractivity contribution >= 4 is 34.3 Å². The first-order valence-corrected chi connectivity index (χ1v) is 10.2. The number of hydrogen-bond donors (Lipinski definition) is 2. The van der Waals surface area contributed by atoms with Crippen molar-refractivity contribution in [3.05, 3.63) is 47.7 Å². The lowest BCUT2D eigenvalue weighted by Gasteiger charge is -2.19. The lowest BCUT2D eigenvalue weighted by molar-refractivity contribution is -0.134. The van der Waals surface area contributed by atoms with Crippen LogP contribution in [0.2, 0.25) is 0 Å². The van der Waals surface area contributed by atoms with Crippen molar-refractivity contribution in [2.24, 2.45) is 7.05 Å². The average Bonchev–Trinajstić information content (AvgIpc) is 3.14. The van der Waals surface area contributed by atoms with E-state index in [1.54, 1.807) is 36.0 Å². The molecule has 10 heteroatoms. The van der Waals surface area contributed by atoms with Gasteiger partial charge in [0, 0.05) is 18.9 Å². The third-order valence-corrected chi connectivity index (χ3v) is 5.41. The van der Waals surface area contributed by atoms with Gasteiger partial charge < -0.3 is 14.8 Å². The van der Waals surface area contributed by atoms with Crippen LogP contribution in [0.4, 0.5) is 5.69 Å². The number of anilines is 1. The fraction of sp³-hybridized carbons (Fsp3) is 0.261. The monoisotopic (exact) mass is 447 g/mol. The normalized spacial score (nSPS) is 15.6. The fourth-order valence-electron chi connectivity index (χ4n) is 3.84. The average molecular weight is 447 g/mol. The summed E-state index contributed by atoms with van der Waals surface area (Å²) in [7, 11) is 3.22. The van der Waals surface area contributed by atoms with Crippen LogP contribution in [0.25, 0.3) is 10.9 Å². The smallest absolute Gasteiger partial charge is 0.262 e. The van der Waals surface area contributed by atoms with Crippen molar-refractivity contribution in [1.29, 1.82) is 5.26 Å². The molecule has 168 valence electrons. The molecule has 1 aromatic heterocycles. The van der Waals surface area contributed by atoms with Crippen LogP contribution in [0.3, 0.4) is 0 Å². The maximum absolute atomic E-state index is 12.5. The van der Waals surface area contributed by atoms with Gasteiger partial charge in [0.1, 0.15) is 23.1 Å². The molecule has 0 bridgehead atoms. The second-order valence-corrected chi connectivity index (χ2v) is 7.53. The minimum atomic E-state index is -0.538. The summed E-state index contributed by atoms with van der Waals surface area (Å²) < 4.78 is 12.5. The maximum atomic E-state index is 12.5. The Kier molecular flexibility index (Phi) is 5.95. The number of nitrogens with one attached hydrogen (secondary N) is 2. The molecule has 0 spiro atoms. The number of piperidine rings is 1. The van der Waals surface area contributed by atoms with Gasteiger partial charge in [0.2, 0.25) is 11.8 Å². The molecule has 0 radical (unpaired) electrons. The Morgan fingerprint density at radius 3 is 2.88 bits per heavy atom. The minimum Gasteiger partial charge on any atom is -0.497 e. The molecular formula is C23H21N5O5. The molecule has 1 fully saturated rings. The van der Waals surface area contributed by atoms with Gasteiger partial charge in [-0.1, -0.05) is 12.1 Å². The van der Waals surface area contributed by atoms with E-state index in [-0.39, 0.29) is 30.4 Å². The second kappa shape index (κ2) is 9.00. The van der Waals surface area contributed by atoms with Crippen molar-refractivity contribution in [3.8, 4) is 17.6 Å². The molecule has 33 heavy (non-hydrogen) atoms. The van der Waals surface area contributed by atoms with Gasteiger partial charge in [-0.25, -0.2) is 0 Å². The number of nitriles is 1. The summed E-state index contributed by atoms with van der Waals surface area (Å²) in [5.41, 5.74) is 1.81. The lowest BCUT2D eigenvalue weighted by atomic mass is 9.93. The van der Waals surface area contributed by atoms with Gasteiger partial charge in [0.25, 0.3) is 5.91 Å². The Bertz CT molecular complexity index is 1310. The molecule has 1 atom stereocenters. The molecule has 3 aromatic rings. The summed E-state index contributed by atoms with van der Waals surface area (Å²) in [4.78, 5) is 36.3. The van der Waals surface area contributed by atoms with Gasteiger partial charge in [0.05, 0.1) is 30.0 Å². The van der Waals surface area contributed by atoms with E-state index in [2.05, 4.69) is 15.7 Å². The summed E-state index contributed by atoms with van der Waals surface area (Å²) in [6.07, 6.45) is 0.633. The Hall–Kier alpha value is -4.39. The Labute approximate surface area is 189 Å². The Morgan fingerprint density at radius 2 is 2.15 bits per heavy atom. The number of carbonyl (C=O) groups is 3. The highest BCUT2D eigenvalue weighted by atomic mass is 16.5. The minimum absolute atomic E-state index is 0.251. The van der Waals surface area contributed by atoms with Crippen LogP contribution in [0.15, 0.2) is 36.4 Å². The van der Waals surface area contributed by atoms with E-state index < -0.39 is 11.8 Å². The van der Waals surface area contributed by atoms with Crippen LogP contribution >= 0.6 is 0 Å². The predicted molar refractivity (Wildman–Crippen MR) is 118 cm³/mol. The summed E-state index contributed by atoms with van der Waals surface area (Å²) in [6.45, 7) is -0.297. The van der Waals surface area contributed by atoms with E-state index >= 15 is 0 Å². The second-order valence-electron chi connectivity index (χ2n) is 7.53. The standard InChI is InChI=1S/C23H21N5O5/c1-28-22-15(21(27-28)16-7-9-19(29)26-23(16)31)4-3-5-18(22)33-12-20(30)25-17-8-6-14(32-2)10-13(17)11-24/h3-6,8,10,16H,7,9,12H2,1-2H3,(H,25,30)(H,26,29,31). The molecule has 0 saturated carbocycles. The molecule has 1 saturated heterocycles. The number of imide groups is 1. The zero-order valence-corrected chi connectivity index (χ0v) is 18.0. The number of methoxy groups -OCH3 is 1. The topological polar surface area (TPSA) is 135 Å². The van der Waals surface area contributed by atoms with E-state index in [0.717, 1.165) is 0 Å². The third-order valence-electron chi connectivity index (χ3n) is 5.41. The van der Waals surface area contributed by atoms with Crippen molar-refractivity contribution in [2.45, 2.75) is 18.8 Å². The Morgan fingerprint density at radius 1 is 1.33 bits per heavy atom. The first-order valence-electron chi connectivity index (χ1n) is 10.2. The number of amides is 3. The maximum Gasteiger partial charge on any atom is 0.262 e. The Balaban J connectivity index is 1.52. The number of rotatable bonds is 6. The van der Waals surface area contributed by atoms with Crippen LogP contribution in [0.5, 0.6) is 11.5 Å². The lowest BCUT2D eigenvalue weighted by Crippen LogP contribution is -2.39. The van der Waals surface area contributed by atoms with Crippen molar-refractivity contribution < 1.29 is 23.9 Å². The highest BCUT2D eigenvalue weighted by Crippen LogP contribution is 2.34. The van der Waals surface area contributed by atoms with Crippen LogP contribution in [0, 0.1) is 11.3 Å². The summed E-state index contributed by atoms with van der Waals surface area (Å²) >= 11 is 0. The number of hydrogen-bond acceptors (Lipinski definition) is 7. The number of aryl methyl sites for hydroxylation is 1. The SMILES string of the molecule is COc1ccc(NC(=O)COc2cccc3c(C4CCC(=O)NC4=O)nn(C)c23)c(C#N)c1. The largest absolute Gasteiger partial charge is 0.497 e. The first kappa shape index (κ1) is 21.8. The number of carbonyl (C=O) groups excluding carboxylic acids is 3. The number of ether oxygens (including phenoxy) is 2. The third kappa shape index (κ3) is 4.34. The fourth-order valence-corrected chi connectivity index (χ4v) is 3.84. The molecule has 1 aliphatic heterocycles. The molecule has 2 N–H and O–H groups in total. The number of fused-ring (bicyclic) bond motifs is 1. The van der Waals surface area contributed by atoms with Gasteiger partial charge in [-0.2, -0.15) is 10.4 Å². The molecule has 3 amide bonds. The number of benzene rings is 2. The summed E-state index contributed by atoms with van der Waals surface area (Å²) in [6, 6.07) is 12.1. The molecular weight excluding hydrogens is 426 g/mol. The molecule has 1 unspecified atom stereocenters. The first-order chi connectivity index (χ1) is 15.9. The van der Waals surface area contributed by atoms with E-state index in [4.69, 9.17) is 9.47 Å². The molecule has 0 aliphatic carbocycles. The van der Waals surface area contributed by atoms with Gasteiger partial charge in [-0.15, -0.1) is 0 Å². The van der Waals surface area contributed by atoms with Crippen LogP contribution < -0.4 is 20.1 Å². The molecule has 4 rings (SSSR count). The van der Waals surface area contributed by atoms with E-state index in [0.29, 0.717) is 40.2 Å². The van der Waals surface area contributed by atoms with Crippen molar-refractivity contribution in [3.63, 3.8) is 0 Å². The molecule has 1 aliphatic rings. The number of nitrogens with zero attached hydrogens (tertiary/aromatic N) is 3. The van der Waals surface area contributed by atoms with Crippen LogP contribution in [-0.4, -0.2) is 41.2 Å². The van der Waals surface area contributed by atoms with Crippen LogP contribution in [-0.2, 0) is 21.4 Å². The van der Waals surface area contributed by atoms with E-state index in [1.807, 2.05) is 12.1 Å². The molecule has 10 nitrogen and oxygen atoms in total. The number of para-hydroxylation sites is 1. The summed E-state index contributed by atoms with van der Waals surface area (Å²) in [5.74, 6) is -0.708. The van der Waals surface area contributed by atoms with Crippen molar-refractivity contribution in [1.82, 2.24) is 15.1 Å². The predicted octanol–water partition coefficient (Wildman–Crippen LogP) is 1.99. The van der Waals surface area contributed by atoms with Gasteiger partial charge in [0.15, 0.2) is 6.61 Å². The highest BCUT2D eigenvalue weighted by molar-refractivity contribution is 6.03. The van der Waals surface area contributed by atoms with Crippen molar-refractivity contribution in [2.75, 3.05) is 19.0 Å². The van der Waals surface area contributed by atoms with Gasteiger partial charge in [-0.05, 0) is 30.7 Å². The van der Waals surface area contributed by atoms with E-state index in [9.17, 15) is 19.6 Å². The van der Waals surface area contributed by atoms with Gasteiger partial charge >= 0.3 is 0 Å². The quantitative estimate of drug-likeness (QED) is 0.552. The van der Waals surface area contributed by atoms with Crippen LogP contribution in [0.1, 0.15) is 30.0 Å². The highest BCUT2D eigenvalue weighted by Gasteiger charge is 2.32.